The van der Waals surface area contributed by atoms with E-state index in [1.807, 2.05) is 0 Å². The van der Waals surface area contributed by atoms with E-state index in [1.54, 1.807) is 0 Å². The predicted octanol–water partition coefficient (Wildman–Crippen LogP) is 4.53. The molecular formula is C19H12F3NO6S. The van der Waals surface area contributed by atoms with Crippen LogP contribution in [-0.2, 0) is 11.0 Å². The van der Waals surface area contributed by atoms with Crippen LogP contribution >= 0.6 is 11.8 Å². The van der Waals surface area contributed by atoms with Gasteiger partial charge in [0.2, 0.25) is 0 Å². The highest BCUT2D eigenvalue weighted by Crippen LogP contribution is 2.38. The highest BCUT2D eigenvalue weighted by molar-refractivity contribution is 8.18. The van der Waals surface area contributed by atoms with Gasteiger partial charge in [-0.25, -0.2) is 4.79 Å². The molecule has 7 nitrogen and oxygen atoms in total. The second-order valence-electron chi connectivity index (χ2n) is 5.88. The minimum absolute atomic E-state index is 0.0431. The molecule has 0 bridgehead atoms. The van der Waals surface area contributed by atoms with Gasteiger partial charge in [0, 0.05) is 0 Å². The molecule has 30 heavy (non-hydrogen) atoms. The first kappa shape index (κ1) is 21.2. The third-order valence-corrected chi connectivity index (χ3v) is 4.70. The summed E-state index contributed by atoms with van der Waals surface area (Å²) in [5, 5.41) is 10.9. The van der Waals surface area contributed by atoms with Crippen molar-refractivity contribution in [1.29, 1.82) is 0 Å². The van der Waals surface area contributed by atoms with E-state index >= 15 is 0 Å². The summed E-state index contributed by atoms with van der Waals surface area (Å²) in [5.41, 5.74) is -1.31. The van der Waals surface area contributed by atoms with Crippen LogP contribution < -0.4 is 14.8 Å². The number of thioether (sulfide) groups is 1. The summed E-state index contributed by atoms with van der Waals surface area (Å²) < 4.78 is 49.3. The molecule has 0 radical (unpaired) electrons. The van der Waals surface area contributed by atoms with Gasteiger partial charge >= 0.3 is 12.1 Å². The van der Waals surface area contributed by atoms with E-state index in [1.165, 1.54) is 31.4 Å². The van der Waals surface area contributed by atoms with Crippen LogP contribution in [0.3, 0.4) is 0 Å². The Kier molecular flexibility index (Phi) is 5.74. The number of hydrogen-bond acceptors (Lipinski definition) is 6. The van der Waals surface area contributed by atoms with Gasteiger partial charge in [-0.1, -0.05) is 6.07 Å². The van der Waals surface area contributed by atoms with Crippen LogP contribution in [-0.4, -0.2) is 29.3 Å². The van der Waals surface area contributed by atoms with E-state index in [0.717, 1.165) is 17.8 Å². The highest BCUT2D eigenvalue weighted by atomic mass is 32.2. The van der Waals surface area contributed by atoms with Crippen LogP contribution in [0.25, 0.3) is 6.08 Å². The van der Waals surface area contributed by atoms with Gasteiger partial charge in [-0.15, -0.1) is 0 Å². The fraction of sp³-hybridized carbons (Fsp3) is 0.105. The van der Waals surface area contributed by atoms with Gasteiger partial charge in [0.15, 0.2) is 11.5 Å². The second kappa shape index (κ2) is 8.11. The van der Waals surface area contributed by atoms with Crippen molar-refractivity contribution in [2.45, 2.75) is 6.18 Å². The van der Waals surface area contributed by atoms with Crippen LogP contribution in [0.1, 0.15) is 21.5 Å². The predicted molar refractivity (Wildman–Crippen MR) is 101 cm³/mol. The first-order valence-electron chi connectivity index (χ1n) is 8.14. The first-order valence-corrected chi connectivity index (χ1v) is 8.95. The lowest BCUT2D eigenvalue weighted by molar-refractivity contribution is -0.137. The molecule has 3 rings (SSSR count). The molecule has 2 aromatic rings. The molecule has 11 heteroatoms. The number of carboxylic acids is 1. The molecule has 0 unspecified atom stereocenters. The number of halogens is 3. The highest BCUT2D eigenvalue weighted by Gasteiger charge is 2.32. The molecule has 1 aliphatic heterocycles. The lowest BCUT2D eigenvalue weighted by Crippen LogP contribution is -2.17. The molecule has 1 heterocycles. The normalized spacial score (nSPS) is 15.3. The number of hydrogen-bond donors (Lipinski definition) is 2. The molecule has 2 amide bonds. The van der Waals surface area contributed by atoms with E-state index in [9.17, 15) is 32.7 Å². The number of carbonyl (C=O) groups is 3. The molecule has 0 aliphatic carbocycles. The Morgan fingerprint density at radius 1 is 1.10 bits per heavy atom. The van der Waals surface area contributed by atoms with Crippen LogP contribution in [0.15, 0.2) is 41.3 Å². The van der Waals surface area contributed by atoms with Gasteiger partial charge in [0.25, 0.3) is 11.1 Å². The molecule has 156 valence electrons. The molecule has 0 spiro atoms. The van der Waals surface area contributed by atoms with Gasteiger partial charge in [-0.3, -0.25) is 14.9 Å². The molecule has 1 saturated heterocycles. The van der Waals surface area contributed by atoms with E-state index in [2.05, 4.69) is 5.32 Å². The maximum absolute atomic E-state index is 12.9. The molecule has 0 aromatic heterocycles. The van der Waals surface area contributed by atoms with E-state index < -0.39 is 34.4 Å². The lowest BCUT2D eigenvalue weighted by atomic mass is 10.1. The summed E-state index contributed by atoms with van der Waals surface area (Å²) in [7, 11) is 1.31. The zero-order chi connectivity index (χ0) is 22.1. The summed E-state index contributed by atoms with van der Waals surface area (Å²) >= 11 is 0.730. The number of benzene rings is 2. The maximum Gasteiger partial charge on any atom is 0.416 e. The molecular weight excluding hydrogens is 427 g/mol. The number of imide groups is 1. The molecule has 1 fully saturated rings. The smallest absolute Gasteiger partial charge is 0.416 e. The Hall–Kier alpha value is -3.47. The van der Waals surface area contributed by atoms with Crippen molar-refractivity contribution in [2.75, 3.05) is 7.11 Å². The number of aromatic carboxylic acids is 1. The summed E-state index contributed by atoms with van der Waals surface area (Å²) in [6.07, 6.45) is -3.26. The molecule has 0 saturated carbocycles. The number of carboxylic acid groups (broad SMARTS) is 1. The molecule has 1 aliphatic rings. The third-order valence-electron chi connectivity index (χ3n) is 3.88. The lowest BCUT2D eigenvalue weighted by Gasteiger charge is -2.14. The molecule has 2 aromatic carbocycles. The van der Waals surface area contributed by atoms with E-state index in [-0.39, 0.29) is 22.2 Å². The molecule has 2 N–H and O–H groups in total. The number of alkyl halides is 3. The van der Waals surface area contributed by atoms with Gasteiger partial charge in [0.05, 0.1) is 17.6 Å². The average molecular weight is 439 g/mol. The maximum atomic E-state index is 12.9. The second-order valence-corrected chi connectivity index (χ2v) is 6.89. The Bertz CT molecular complexity index is 1080. The standard InChI is InChI=1S/C19H12F3NO6S/c1-28-14-6-9(7-15-16(24)23-18(27)30-15)2-4-13(14)29-12-5-3-10(19(20,21)22)8-11(12)17(25)26/h2-8H,1H3,(H,25,26)(H,23,24,27)/b15-7+. The van der Waals surface area contributed by atoms with Crippen LogP contribution in [0, 0.1) is 0 Å². The first-order chi connectivity index (χ1) is 14.1. The quantitative estimate of drug-likeness (QED) is 0.660. The van der Waals surface area contributed by atoms with Crippen LogP contribution in [0.5, 0.6) is 17.2 Å². The zero-order valence-electron chi connectivity index (χ0n) is 15.1. The number of rotatable bonds is 5. The number of methoxy groups -OCH3 is 1. The Balaban J connectivity index is 1.94. The minimum Gasteiger partial charge on any atom is -0.493 e. The summed E-state index contributed by atoms with van der Waals surface area (Å²) in [4.78, 5) is 34.4. The van der Waals surface area contributed by atoms with Gasteiger partial charge in [0.1, 0.15) is 11.3 Å². The van der Waals surface area contributed by atoms with Gasteiger partial charge in [-0.2, -0.15) is 13.2 Å². The van der Waals surface area contributed by atoms with Crippen molar-refractivity contribution in [1.82, 2.24) is 5.32 Å². The largest absolute Gasteiger partial charge is 0.493 e. The van der Waals surface area contributed by atoms with E-state index in [0.29, 0.717) is 17.7 Å². The van der Waals surface area contributed by atoms with Crippen molar-refractivity contribution in [3.05, 3.63) is 58.0 Å². The average Bonchev–Trinajstić information content (AvgIpc) is 2.98. The zero-order valence-corrected chi connectivity index (χ0v) is 15.9. The number of amides is 2. The molecule has 0 atom stereocenters. The van der Waals surface area contributed by atoms with Crippen LogP contribution in [0.2, 0.25) is 0 Å². The van der Waals surface area contributed by atoms with Gasteiger partial charge < -0.3 is 14.6 Å². The summed E-state index contributed by atoms with van der Waals surface area (Å²) in [6.45, 7) is 0. The van der Waals surface area contributed by atoms with Crippen molar-refractivity contribution in [2.24, 2.45) is 0 Å². The Labute approximate surface area is 171 Å². The third kappa shape index (κ3) is 4.57. The number of carbonyl (C=O) groups excluding carboxylic acids is 2. The SMILES string of the molecule is COc1cc(/C=C2/SC(=O)NC2=O)ccc1Oc1ccc(C(F)(F)F)cc1C(=O)O. The van der Waals surface area contributed by atoms with Crippen molar-refractivity contribution < 1.29 is 42.1 Å². The number of ether oxygens (including phenoxy) is 2. The van der Waals surface area contributed by atoms with Crippen molar-refractivity contribution >= 4 is 35.0 Å². The number of nitrogens with one attached hydrogen (secondary N) is 1. The van der Waals surface area contributed by atoms with Crippen molar-refractivity contribution in [3.8, 4) is 17.2 Å². The topological polar surface area (TPSA) is 102 Å². The van der Waals surface area contributed by atoms with Crippen LogP contribution in [0.4, 0.5) is 18.0 Å². The van der Waals surface area contributed by atoms with E-state index in [4.69, 9.17) is 9.47 Å². The summed E-state index contributed by atoms with van der Waals surface area (Å²) in [5.74, 6) is -2.27. The summed E-state index contributed by atoms with van der Waals surface area (Å²) in [6, 6.07) is 6.46. The minimum atomic E-state index is -4.71. The fourth-order valence-electron chi connectivity index (χ4n) is 2.51. The fourth-order valence-corrected chi connectivity index (χ4v) is 3.19. The monoisotopic (exact) mass is 439 g/mol. The Morgan fingerprint density at radius 3 is 2.37 bits per heavy atom. The van der Waals surface area contributed by atoms with Gasteiger partial charge in [-0.05, 0) is 53.7 Å². The van der Waals surface area contributed by atoms with Crippen molar-refractivity contribution in [3.63, 3.8) is 0 Å². The Morgan fingerprint density at radius 2 is 1.80 bits per heavy atom.